The van der Waals surface area contributed by atoms with Crippen LogP contribution in [0.5, 0.6) is 0 Å². The molecule has 0 bridgehead atoms. The predicted molar refractivity (Wildman–Crippen MR) is 67.2 cm³/mol. The molecule has 0 aliphatic heterocycles. The van der Waals surface area contributed by atoms with Crippen LogP contribution in [0.3, 0.4) is 0 Å². The Kier molecular flexibility index (Phi) is 3.25. The minimum atomic E-state index is -2.80. The zero-order valence-corrected chi connectivity index (χ0v) is 11.0. The molecule has 0 heterocycles. The standard InChI is InChI=1S/C13H18FNOS/c1-9(2)12-6-5-11(7-13(12)14)17(15,16)8-10-3-4-10/h5-7,9-10,15H,3-4,8H2,1-2H3. The zero-order valence-electron chi connectivity index (χ0n) is 10.2. The number of hydrogen-bond acceptors (Lipinski definition) is 2. The van der Waals surface area contributed by atoms with Crippen molar-refractivity contribution in [2.24, 2.45) is 5.92 Å². The molecule has 4 heteroatoms. The highest BCUT2D eigenvalue weighted by atomic mass is 32.2. The van der Waals surface area contributed by atoms with E-state index in [0.29, 0.717) is 22.1 Å². The maximum Gasteiger partial charge on any atom is 0.127 e. The van der Waals surface area contributed by atoms with Gasteiger partial charge in [-0.25, -0.2) is 13.4 Å². The summed E-state index contributed by atoms with van der Waals surface area (Å²) in [6.45, 7) is 3.83. The van der Waals surface area contributed by atoms with Crippen molar-refractivity contribution in [1.82, 2.24) is 0 Å². The fourth-order valence-corrected chi connectivity index (χ4v) is 3.67. The third-order valence-electron chi connectivity index (χ3n) is 3.14. The molecule has 0 radical (unpaired) electrons. The average Bonchev–Trinajstić information content (AvgIpc) is 3.00. The molecule has 0 saturated heterocycles. The largest absolute Gasteiger partial charge is 0.249 e. The van der Waals surface area contributed by atoms with Crippen LogP contribution in [-0.4, -0.2) is 9.96 Å². The van der Waals surface area contributed by atoms with Crippen molar-refractivity contribution in [3.8, 4) is 0 Å². The van der Waals surface area contributed by atoms with Crippen molar-refractivity contribution in [3.63, 3.8) is 0 Å². The summed E-state index contributed by atoms with van der Waals surface area (Å²) in [5, 5.41) is 0. The van der Waals surface area contributed by atoms with Gasteiger partial charge in [0.05, 0.1) is 14.6 Å². The summed E-state index contributed by atoms with van der Waals surface area (Å²) < 4.78 is 33.8. The summed E-state index contributed by atoms with van der Waals surface area (Å²) in [4.78, 5) is 0.339. The van der Waals surface area contributed by atoms with Crippen LogP contribution >= 0.6 is 0 Å². The number of rotatable bonds is 4. The molecule has 2 nitrogen and oxygen atoms in total. The summed E-state index contributed by atoms with van der Waals surface area (Å²) in [5.74, 6) is 0.559. The molecular formula is C13H18FNOS. The van der Waals surface area contributed by atoms with Gasteiger partial charge in [-0.3, -0.25) is 0 Å². The summed E-state index contributed by atoms with van der Waals surface area (Å²) in [6.07, 6.45) is 2.12. The van der Waals surface area contributed by atoms with E-state index in [2.05, 4.69) is 0 Å². The fourth-order valence-electron chi connectivity index (χ4n) is 1.89. The SMILES string of the molecule is CC(C)c1ccc(S(=N)(=O)CC2CC2)cc1F. The lowest BCUT2D eigenvalue weighted by atomic mass is 10.0. The Bertz CT molecular complexity index is 518. The van der Waals surface area contributed by atoms with E-state index in [9.17, 15) is 8.60 Å². The third kappa shape index (κ3) is 2.86. The number of hydrogen-bond donors (Lipinski definition) is 1. The number of nitrogens with one attached hydrogen (secondary N) is 1. The maximum absolute atomic E-state index is 13.8. The highest BCUT2D eigenvalue weighted by molar-refractivity contribution is 7.92. The molecule has 1 aromatic rings. The van der Waals surface area contributed by atoms with Crippen molar-refractivity contribution >= 4 is 9.73 Å². The molecule has 1 aromatic carbocycles. The molecule has 17 heavy (non-hydrogen) atoms. The lowest BCUT2D eigenvalue weighted by Crippen LogP contribution is -2.07. The van der Waals surface area contributed by atoms with E-state index >= 15 is 0 Å². The van der Waals surface area contributed by atoms with Crippen molar-refractivity contribution in [3.05, 3.63) is 29.6 Å². The van der Waals surface area contributed by atoms with E-state index in [1.54, 1.807) is 12.1 Å². The Morgan fingerprint density at radius 1 is 1.47 bits per heavy atom. The first-order valence-electron chi connectivity index (χ1n) is 5.96. The van der Waals surface area contributed by atoms with E-state index in [-0.39, 0.29) is 11.7 Å². The van der Waals surface area contributed by atoms with Gasteiger partial charge >= 0.3 is 0 Å². The molecule has 0 amide bonds. The van der Waals surface area contributed by atoms with Crippen LogP contribution in [-0.2, 0) is 9.73 Å². The van der Waals surface area contributed by atoms with Crippen LogP contribution in [0, 0.1) is 16.5 Å². The molecule has 0 spiro atoms. The quantitative estimate of drug-likeness (QED) is 0.874. The number of halogens is 1. The first-order chi connectivity index (χ1) is 7.90. The Balaban J connectivity index is 2.30. The number of benzene rings is 1. The van der Waals surface area contributed by atoms with Crippen LogP contribution in [0.4, 0.5) is 4.39 Å². The van der Waals surface area contributed by atoms with Crippen LogP contribution in [0.25, 0.3) is 0 Å². The smallest absolute Gasteiger partial charge is 0.127 e. The summed E-state index contributed by atoms with van der Waals surface area (Å²) in [7, 11) is -2.80. The van der Waals surface area contributed by atoms with Crippen LogP contribution in [0.2, 0.25) is 0 Å². The van der Waals surface area contributed by atoms with Gasteiger partial charge in [0.2, 0.25) is 0 Å². The van der Waals surface area contributed by atoms with Crippen LogP contribution in [0.15, 0.2) is 23.1 Å². The van der Waals surface area contributed by atoms with Gasteiger partial charge in [0, 0.05) is 5.75 Å². The van der Waals surface area contributed by atoms with Gasteiger partial charge in [-0.05, 0) is 42.4 Å². The van der Waals surface area contributed by atoms with Crippen LogP contribution < -0.4 is 0 Å². The summed E-state index contributed by atoms with van der Waals surface area (Å²) in [6, 6.07) is 4.60. The predicted octanol–water partition coefficient (Wildman–Crippen LogP) is 3.76. The first kappa shape index (κ1) is 12.6. The second-order valence-electron chi connectivity index (χ2n) is 5.12. The molecule has 1 fully saturated rings. The monoisotopic (exact) mass is 255 g/mol. The molecule has 94 valence electrons. The van der Waals surface area contributed by atoms with E-state index in [1.165, 1.54) is 6.07 Å². The highest BCUT2D eigenvalue weighted by Crippen LogP contribution is 2.33. The van der Waals surface area contributed by atoms with Gasteiger partial charge in [-0.1, -0.05) is 19.9 Å². The average molecular weight is 255 g/mol. The Hall–Kier alpha value is -0.900. The molecule has 0 aromatic heterocycles. The van der Waals surface area contributed by atoms with Gasteiger partial charge in [-0.15, -0.1) is 0 Å². The lowest BCUT2D eigenvalue weighted by molar-refractivity contribution is 0.593. The molecule has 1 N–H and O–H groups in total. The molecule has 2 rings (SSSR count). The normalized spacial score (nSPS) is 19.3. The second-order valence-corrected chi connectivity index (χ2v) is 7.28. The molecule has 1 aliphatic carbocycles. The van der Waals surface area contributed by atoms with E-state index in [4.69, 9.17) is 4.78 Å². The maximum atomic E-state index is 13.8. The Morgan fingerprint density at radius 2 is 2.12 bits per heavy atom. The molecule has 1 unspecified atom stereocenters. The van der Waals surface area contributed by atoms with Gasteiger partial charge in [0.1, 0.15) is 5.82 Å². The Labute approximate surface area is 102 Å². The summed E-state index contributed by atoms with van der Waals surface area (Å²) >= 11 is 0. The topological polar surface area (TPSA) is 40.9 Å². The Morgan fingerprint density at radius 3 is 2.59 bits per heavy atom. The van der Waals surface area contributed by atoms with Gasteiger partial charge in [0.25, 0.3) is 0 Å². The minimum Gasteiger partial charge on any atom is -0.249 e. The van der Waals surface area contributed by atoms with E-state index < -0.39 is 9.73 Å². The fraction of sp³-hybridized carbons (Fsp3) is 0.538. The molecule has 1 saturated carbocycles. The zero-order chi connectivity index (χ0) is 12.6. The third-order valence-corrected chi connectivity index (χ3v) is 5.10. The van der Waals surface area contributed by atoms with Gasteiger partial charge in [0.15, 0.2) is 0 Å². The minimum absolute atomic E-state index is 0.106. The molecular weight excluding hydrogens is 237 g/mol. The van der Waals surface area contributed by atoms with Crippen molar-refractivity contribution in [2.45, 2.75) is 37.5 Å². The second kappa shape index (κ2) is 4.41. The van der Waals surface area contributed by atoms with Crippen molar-refractivity contribution in [2.75, 3.05) is 5.75 Å². The molecule has 1 atom stereocenters. The van der Waals surface area contributed by atoms with Gasteiger partial charge < -0.3 is 0 Å². The summed E-state index contributed by atoms with van der Waals surface area (Å²) in [5.41, 5.74) is 0.621. The molecule has 1 aliphatic rings. The first-order valence-corrected chi connectivity index (χ1v) is 7.69. The van der Waals surface area contributed by atoms with E-state index in [1.807, 2.05) is 13.8 Å². The van der Waals surface area contributed by atoms with Crippen molar-refractivity contribution < 1.29 is 8.60 Å². The van der Waals surface area contributed by atoms with Crippen LogP contribution in [0.1, 0.15) is 38.2 Å². The van der Waals surface area contributed by atoms with Gasteiger partial charge in [-0.2, -0.15) is 0 Å². The van der Waals surface area contributed by atoms with Crippen molar-refractivity contribution in [1.29, 1.82) is 4.78 Å². The lowest BCUT2D eigenvalue weighted by Gasteiger charge is -2.11. The highest BCUT2D eigenvalue weighted by Gasteiger charge is 2.27. The van der Waals surface area contributed by atoms with E-state index in [0.717, 1.165) is 12.8 Å².